The molecule has 3 aromatic rings. The van der Waals surface area contributed by atoms with Crippen LogP contribution in [0.1, 0.15) is 42.9 Å². The number of pyridine rings is 1. The summed E-state index contributed by atoms with van der Waals surface area (Å²) in [6.45, 7) is 1.41. The number of H-pyrrole nitrogens is 1. The van der Waals surface area contributed by atoms with Crippen LogP contribution in [0.25, 0.3) is 11.2 Å². The first-order valence-electron chi connectivity index (χ1n) is 13.5. The van der Waals surface area contributed by atoms with E-state index < -0.39 is 18.3 Å². The largest absolute Gasteiger partial charge is 0.491 e. The number of aliphatic hydroxyl groups is 1. The minimum Gasteiger partial charge on any atom is -0.491 e. The molecule has 0 bridgehead atoms. The molecule has 1 unspecified atom stereocenters. The topological polar surface area (TPSA) is 120 Å². The molecule has 4 heterocycles. The second-order valence-corrected chi connectivity index (χ2v) is 10.9. The molecule has 12 heteroatoms. The third kappa shape index (κ3) is 4.91. The van der Waals surface area contributed by atoms with Gasteiger partial charge in [0.2, 0.25) is 0 Å². The maximum Gasteiger partial charge on any atom is 0.296 e. The number of nitrogens with one attached hydrogen (secondary N) is 2. The van der Waals surface area contributed by atoms with Crippen molar-refractivity contribution in [3.8, 4) is 11.8 Å². The smallest absolute Gasteiger partial charge is 0.296 e. The number of halogens is 2. The molecular formula is C27H30ClFN4O6. The number of aliphatic hydroxyl groups excluding tert-OH is 1. The van der Waals surface area contributed by atoms with Gasteiger partial charge in [0, 0.05) is 11.6 Å². The Morgan fingerprint density at radius 2 is 1.97 bits per heavy atom. The number of hydrogen-bond acceptors (Lipinski definition) is 9. The number of aromatic nitrogens is 3. The zero-order valence-electron chi connectivity index (χ0n) is 21.2. The average molecular weight is 561 g/mol. The van der Waals surface area contributed by atoms with Crippen molar-refractivity contribution in [3.63, 3.8) is 0 Å². The van der Waals surface area contributed by atoms with Gasteiger partial charge in [-0.15, -0.1) is 0 Å². The number of ether oxygens (including phenoxy) is 5. The molecule has 10 nitrogen and oxygen atoms in total. The Morgan fingerprint density at radius 3 is 2.82 bits per heavy atom. The van der Waals surface area contributed by atoms with Gasteiger partial charge in [-0.3, -0.25) is 0 Å². The Labute approximate surface area is 229 Å². The second-order valence-electron chi connectivity index (χ2n) is 10.5. The lowest BCUT2D eigenvalue weighted by Gasteiger charge is -2.25. The fourth-order valence-electron chi connectivity index (χ4n) is 5.73. The number of aryl methyl sites for hydroxylation is 1. The summed E-state index contributed by atoms with van der Waals surface area (Å²) in [6.07, 6.45) is 3.39. The van der Waals surface area contributed by atoms with E-state index >= 15 is 4.39 Å². The lowest BCUT2D eigenvalue weighted by molar-refractivity contribution is -0.0104. The van der Waals surface area contributed by atoms with Crippen molar-refractivity contribution in [1.29, 1.82) is 0 Å². The normalized spacial score (nSPS) is 27.9. The van der Waals surface area contributed by atoms with Crippen molar-refractivity contribution >= 4 is 28.6 Å². The van der Waals surface area contributed by atoms with E-state index in [1.54, 1.807) is 6.07 Å². The van der Waals surface area contributed by atoms with Crippen LogP contribution in [0, 0.1) is 5.82 Å². The number of fused-ring (bicyclic) bond motifs is 3. The van der Waals surface area contributed by atoms with Crippen molar-refractivity contribution in [1.82, 2.24) is 15.0 Å². The van der Waals surface area contributed by atoms with Gasteiger partial charge >= 0.3 is 0 Å². The van der Waals surface area contributed by atoms with Gasteiger partial charge in [-0.2, -0.15) is 4.98 Å². The summed E-state index contributed by atoms with van der Waals surface area (Å²) in [7, 11) is 0. The minimum atomic E-state index is -0.658. The van der Waals surface area contributed by atoms with E-state index in [2.05, 4.69) is 20.3 Å². The average Bonchev–Trinajstić information content (AvgIpc) is 3.65. The van der Waals surface area contributed by atoms with Gasteiger partial charge in [0.25, 0.3) is 6.01 Å². The number of aromatic amines is 1. The quantitative estimate of drug-likeness (QED) is 0.336. The molecule has 2 aliphatic carbocycles. The number of hydrogen-bond donors (Lipinski definition) is 3. The lowest BCUT2D eigenvalue weighted by atomic mass is 9.96. The Hall–Kier alpha value is -2.70. The fourth-order valence-corrected chi connectivity index (χ4v) is 5.94. The van der Waals surface area contributed by atoms with Crippen LogP contribution in [0.4, 0.5) is 10.2 Å². The van der Waals surface area contributed by atoms with Crippen LogP contribution in [0.3, 0.4) is 0 Å². The highest BCUT2D eigenvalue weighted by atomic mass is 35.5. The first-order valence-corrected chi connectivity index (χ1v) is 13.9. The first kappa shape index (κ1) is 25.3. The molecule has 39 heavy (non-hydrogen) atoms. The summed E-state index contributed by atoms with van der Waals surface area (Å²) in [5.74, 6) is 0.614. The van der Waals surface area contributed by atoms with Gasteiger partial charge in [0.05, 0.1) is 42.5 Å². The van der Waals surface area contributed by atoms with E-state index in [9.17, 15) is 5.11 Å². The second kappa shape index (κ2) is 10.4. The zero-order valence-corrected chi connectivity index (χ0v) is 22.0. The summed E-state index contributed by atoms with van der Waals surface area (Å²) >= 11 is 6.54. The minimum absolute atomic E-state index is 0.218. The van der Waals surface area contributed by atoms with E-state index in [-0.39, 0.29) is 37.2 Å². The molecule has 2 saturated heterocycles. The summed E-state index contributed by atoms with van der Waals surface area (Å²) in [6, 6.07) is 5.02. The highest BCUT2D eigenvalue weighted by molar-refractivity contribution is 6.33. The van der Waals surface area contributed by atoms with E-state index in [0.717, 1.165) is 18.4 Å². The summed E-state index contributed by atoms with van der Waals surface area (Å²) < 4.78 is 43.9. The predicted octanol–water partition coefficient (Wildman–Crippen LogP) is 3.70. The monoisotopic (exact) mass is 560 g/mol. The maximum atomic E-state index is 15.2. The molecule has 1 aromatic carbocycles. The molecule has 0 amide bonds. The molecule has 1 saturated carbocycles. The molecule has 208 valence electrons. The van der Waals surface area contributed by atoms with Crippen LogP contribution < -0.4 is 14.8 Å². The third-order valence-corrected chi connectivity index (χ3v) is 8.25. The van der Waals surface area contributed by atoms with Crippen molar-refractivity contribution in [2.24, 2.45) is 0 Å². The number of benzene rings is 1. The van der Waals surface area contributed by atoms with Gasteiger partial charge in [-0.25, -0.2) is 9.37 Å². The Bertz CT molecular complexity index is 1370. The van der Waals surface area contributed by atoms with Crippen molar-refractivity contribution in [3.05, 3.63) is 40.2 Å². The fraction of sp³-hybridized carbons (Fsp3) is 0.556. The van der Waals surface area contributed by atoms with Gasteiger partial charge in [0.1, 0.15) is 42.3 Å². The molecule has 5 atom stereocenters. The van der Waals surface area contributed by atoms with Gasteiger partial charge in [-0.05, 0) is 49.8 Å². The molecule has 0 spiro atoms. The standard InChI is InChI=1S/C27H30ClFN4O6/c28-16-10-19-26(33-27(31-19)39-21-12-38-23-20(34)11-37-24(21)23)32-25(16)30-18-5-4-13-8-15(9-17(29)22(13)18)36-7-6-35-14-2-1-3-14/h8-10,14,18,20-21,23-24,34H,1-7,11-12H2,(H2,30,31,32,33)/t18?,20-,21-,23-,24-/m1/s1. The molecule has 3 fully saturated rings. The van der Waals surface area contributed by atoms with E-state index in [1.165, 1.54) is 12.5 Å². The van der Waals surface area contributed by atoms with Crippen LogP contribution in [0.15, 0.2) is 18.2 Å². The molecule has 0 radical (unpaired) electrons. The highest BCUT2D eigenvalue weighted by Gasteiger charge is 2.48. The molecule has 3 N–H and O–H groups in total. The molecule has 4 aliphatic rings. The first-order chi connectivity index (χ1) is 19.0. The number of anilines is 1. The van der Waals surface area contributed by atoms with Crippen LogP contribution in [0.5, 0.6) is 11.8 Å². The van der Waals surface area contributed by atoms with Gasteiger partial charge < -0.3 is 39.1 Å². The van der Waals surface area contributed by atoms with Crippen LogP contribution in [0.2, 0.25) is 5.02 Å². The van der Waals surface area contributed by atoms with Crippen LogP contribution >= 0.6 is 11.6 Å². The number of imidazole rings is 1. The Balaban J connectivity index is 1.02. The SMILES string of the molecule is O[C@@H]1CO[C@H]2[C@@H]1OC[C@H]2Oc1nc2nc(NC3CCc4cc(OCCOC5CCC5)cc(F)c43)c(Cl)cc2[nH]1. The van der Waals surface area contributed by atoms with Crippen molar-refractivity contribution in [2.45, 2.75) is 68.7 Å². The molecule has 7 rings (SSSR count). The van der Waals surface area contributed by atoms with Crippen LogP contribution in [-0.4, -0.2) is 77.0 Å². The number of nitrogens with zero attached hydrogens (tertiary/aromatic N) is 2. The number of rotatable bonds is 9. The summed E-state index contributed by atoms with van der Waals surface area (Å²) in [4.78, 5) is 12.1. The lowest BCUT2D eigenvalue weighted by Crippen LogP contribution is -2.34. The Morgan fingerprint density at radius 1 is 1.10 bits per heavy atom. The van der Waals surface area contributed by atoms with Crippen LogP contribution in [-0.2, 0) is 20.6 Å². The maximum absolute atomic E-state index is 15.2. The van der Waals surface area contributed by atoms with Gasteiger partial charge in [-0.1, -0.05) is 11.6 Å². The summed E-state index contributed by atoms with van der Waals surface area (Å²) in [5.41, 5.74) is 2.52. The molecule has 2 aromatic heterocycles. The van der Waals surface area contributed by atoms with E-state index in [1.807, 2.05) is 6.07 Å². The Kier molecular flexibility index (Phi) is 6.72. The predicted molar refractivity (Wildman–Crippen MR) is 139 cm³/mol. The van der Waals surface area contributed by atoms with Gasteiger partial charge in [0.15, 0.2) is 11.8 Å². The van der Waals surface area contributed by atoms with Crippen molar-refractivity contribution < 1.29 is 33.2 Å². The molecule has 2 aliphatic heterocycles. The van der Waals surface area contributed by atoms with E-state index in [4.69, 9.17) is 35.3 Å². The van der Waals surface area contributed by atoms with Crippen molar-refractivity contribution in [2.75, 3.05) is 31.7 Å². The third-order valence-electron chi connectivity index (χ3n) is 7.96. The zero-order chi connectivity index (χ0) is 26.5. The van der Waals surface area contributed by atoms with E-state index in [0.29, 0.717) is 65.5 Å². The highest BCUT2D eigenvalue weighted by Crippen LogP contribution is 2.39. The molecular weight excluding hydrogens is 531 g/mol. The summed E-state index contributed by atoms with van der Waals surface area (Å²) in [5, 5.41) is 13.6.